The molecule has 0 bridgehead atoms. The Morgan fingerprint density at radius 2 is 1.75 bits per heavy atom. The lowest BCUT2D eigenvalue weighted by molar-refractivity contribution is 0.301. The van der Waals surface area contributed by atoms with Crippen LogP contribution in [-0.4, -0.2) is 35.2 Å². The van der Waals surface area contributed by atoms with Crippen LogP contribution in [0.15, 0.2) is 64.4 Å². The van der Waals surface area contributed by atoms with Crippen LogP contribution in [0, 0.1) is 0 Å². The monoisotopic (exact) mass is 399 g/mol. The molecule has 0 unspecified atom stereocenters. The van der Waals surface area contributed by atoms with Crippen molar-refractivity contribution in [3.63, 3.8) is 0 Å². The number of aromatic nitrogens is 2. The number of fused-ring (bicyclic) bond motifs is 1. The van der Waals surface area contributed by atoms with Crippen LogP contribution in [0.5, 0.6) is 5.75 Å². The van der Waals surface area contributed by atoms with Crippen molar-refractivity contribution in [3.8, 4) is 5.75 Å². The molecule has 0 N–H and O–H groups in total. The van der Waals surface area contributed by atoms with Gasteiger partial charge in [-0.15, -0.1) is 0 Å². The molecule has 1 aliphatic heterocycles. The molecule has 0 atom stereocenters. The molecule has 7 nitrogen and oxygen atoms in total. The molecule has 1 aliphatic rings. The van der Waals surface area contributed by atoms with Crippen LogP contribution < -0.4 is 10.3 Å². The Balaban J connectivity index is 1.47. The Hall–Kier alpha value is -2.71. The van der Waals surface area contributed by atoms with E-state index in [2.05, 4.69) is 4.98 Å². The Kier molecular flexibility index (Phi) is 5.15. The maximum atomic E-state index is 12.7. The van der Waals surface area contributed by atoms with Crippen LogP contribution in [0.3, 0.4) is 0 Å². The molecule has 146 valence electrons. The SMILES string of the molecule is O=c1cc(COc2ccc(S(=O)(=O)N3CCCCC3)cc2)nc2ccccn12. The highest BCUT2D eigenvalue weighted by molar-refractivity contribution is 7.89. The van der Waals surface area contributed by atoms with E-state index in [0.717, 1.165) is 19.3 Å². The summed E-state index contributed by atoms with van der Waals surface area (Å²) >= 11 is 0. The van der Waals surface area contributed by atoms with Crippen LogP contribution in [0.2, 0.25) is 0 Å². The summed E-state index contributed by atoms with van der Waals surface area (Å²) in [5.74, 6) is 0.521. The first-order valence-electron chi connectivity index (χ1n) is 9.24. The number of piperidine rings is 1. The van der Waals surface area contributed by atoms with Gasteiger partial charge in [0, 0.05) is 25.4 Å². The molecular formula is C20H21N3O4S. The Bertz CT molecular complexity index is 1130. The third kappa shape index (κ3) is 3.79. The van der Waals surface area contributed by atoms with Gasteiger partial charge in [-0.3, -0.25) is 9.20 Å². The number of rotatable bonds is 5. The van der Waals surface area contributed by atoms with Gasteiger partial charge in [0.2, 0.25) is 10.0 Å². The lowest BCUT2D eigenvalue weighted by Crippen LogP contribution is -2.35. The lowest BCUT2D eigenvalue weighted by Gasteiger charge is -2.25. The molecular weight excluding hydrogens is 378 g/mol. The average Bonchev–Trinajstić information content (AvgIpc) is 2.73. The zero-order chi connectivity index (χ0) is 19.6. The van der Waals surface area contributed by atoms with E-state index in [0.29, 0.717) is 30.2 Å². The van der Waals surface area contributed by atoms with E-state index in [1.807, 2.05) is 6.07 Å². The van der Waals surface area contributed by atoms with Crippen LogP contribution in [0.1, 0.15) is 25.0 Å². The molecule has 0 aliphatic carbocycles. The molecule has 1 fully saturated rings. The molecule has 8 heteroatoms. The fourth-order valence-corrected chi connectivity index (χ4v) is 4.81. The second-order valence-electron chi connectivity index (χ2n) is 6.74. The van der Waals surface area contributed by atoms with Gasteiger partial charge < -0.3 is 4.74 Å². The van der Waals surface area contributed by atoms with Gasteiger partial charge in [-0.05, 0) is 49.2 Å². The molecule has 2 aromatic heterocycles. The molecule has 0 spiro atoms. The molecule has 0 radical (unpaired) electrons. The van der Waals surface area contributed by atoms with Crippen LogP contribution in [0.25, 0.3) is 5.65 Å². The highest BCUT2D eigenvalue weighted by Crippen LogP contribution is 2.23. The van der Waals surface area contributed by atoms with Crippen molar-refractivity contribution >= 4 is 15.7 Å². The summed E-state index contributed by atoms with van der Waals surface area (Å²) in [6.45, 7) is 1.27. The molecule has 28 heavy (non-hydrogen) atoms. The van der Waals surface area contributed by atoms with Crippen LogP contribution in [0.4, 0.5) is 0 Å². The van der Waals surface area contributed by atoms with Gasteiger partial charge in [-0.2, -0.15) is 4.31 Å². The molecule has 0 saturated carbocycles. The predicted octanol–water partition coefficient (Wildman–Crippen LogP) is 2.45. The third-order valence-electron chi connectivity index (χ3n) is 4.79. The van der Waals surface area contributed by atoms with E-state index in [-0.39, 0.29) is 17.1 Å². The highest BCUT2D eigenvalue weighted by Gasteiger charge is 2.25. The summed E-state index contributed by atoms with van der Waals surface area (Å²) in [4.78, 5) is 16.8. The fourth-order valence-electron chi connectivity index (χ4n) is 3.30. The maximum absolute atomic E-state index is 12.7. The predicted molar refractivity (Wildman–Crippen MR) is 105 cm³/mol. The summed E-state index contributed by atoms with van der Waals surface area (Å²) < 4.78 is 34.0. The Morgan fingerprint density at radius 3 is 2.50 bits per heavy atom. The minimum Gasteiger partial charge on any atom is -0.487 e. The number of hydrogen-bond donors (Lipinski definition) is 0. The zero-order valence-corrected chi connectivity index (χ0v) is 16.1. The van der Waals surface area contributed by atoms with Crippen molar-refractivity contribution in [1.29, 1.82) is 0 Å². The number of hydrogen-bond acceptors (Lipinski definition) is 5. The van der Waals surface area contributed by atoms with Gasteiger partial charge in [0.1, 0.15) is 18.0 Å². The third-order valence-corrected chi connectivity index (χ3v) is 6.70. The molecule has 3 heterocycles. The first kappa shape index (κ1) is 18.6. The molecule has 1 saturated heterocycles. The lowest BCUT2D eigenvalue weighted by atomic mass is 10.2. The second kappa shape index (κ2) is 7.73. The first-order chi connectivity index (χ1) is 13.5. The molecule has 3 aromatic rings. The van der Waals surface area contributed by atoms with E-state index in [1.54, 1.807) is 46.9 Å². The second-order valence-corrected chi connectivity index (χ2v) is 8.68. The van der Waals surface area contributed by atoms with Crippen molar-refractivity contribution in [3.05, 3.63) is 70.8 Å². The number of benzene rings is 1. The molecule has 1 aromatic carbocycles. The zero-order valence-electron chi connectivity index (χ0n) is 15.3. The van der Waals surface area contributed by atoms with Crippen molar-refractivity contribution in [2.75, 3.05) is 13.1 Å². The molecule has 0 amide bonds. The van der Waals surface area contributed by atoms with Crippen molar-refractivity contribution < 1.29 is 13.2 Å². The highest BCUT2D eigenvalue weighted by atomic mass is 32.2. The van der Waals surface area contributed by atoms with Crippen molar-refractivity contribution in [2.45, 2.75) is 30.8 Å². The number of nitrogens with zero attached hydrogens (tertiary/aromatic N) is 3. The summed E-state index contributed by atoms with van der Waals surface area (Å²) in [5.41, 5.74) is 0.893. The van der Waals surface area contributed by atoms with E-state index < -0.39 is 10.0 Å². The topological polar surface area (TPSA) is 81.0 Å². The summed E-state index contributed by atoms with van der Waals surface area (Å²) in [6.07, 6.45) is 4.54. The quantitative estimate of drug-likeness (QED) is 0.658. The van der Waals surface area contributed by atoms with E-state index >= 15 is 0 Å². The average molecular weight is 399 g/mol. The van der Waals surface area contributed by atoms with Gasteiger partial charge >= 0.3 is 0 Å². The summed E-state index contributed by atoms with van der Waals surface area (Å²) in [7, 11) is -3.45. The van der Waals surface area contributed by atoms with Gasteiger partial charge in [0.25, 0.3) is 5.56 Å². The smallest absolute Gasteiger partial charge is 0.258 e. The van der Waals surface area contributed by atoms with Crippen LogP contribution in [-0.2, 0) is 16.6 Å². The number of pyridine rings is 1. The summed E-state index contributed by atoms with van der Waals surface area (Å²) in [6, 6.07) is 13.1. The van der Waals surface area contributed by atoms with Gasteiger partial charge in [-0.1, -0.05) is 12.5 Å². The number of ether oxygens (including phenoxy) is 1. The minimum atomic E-state index is -3.45. The van der Waals surface area contributed by atoms with Gasteiger partial charge in [-0.25, -0.2) is 13.4 Å². The van der Waals surface area contributed by atoms with Gasteiger partial charge in [0.05, 0.1) is 10.6 Å². The Morgan fingerprint density at radius 1 is 1.00 bits per heavy atom. The van der Waals surface area contributed by atoms with Crippen molar-refractivity contribution in [1.82, 2.24) is 13.7 Å². The van der Waals surface area contributed by atoms with E-state index in [9.17, 15) is 13.2 Å². The van der Waals surface area contributed by atoms with E-state index in [1.165, 1.54) is 10.5 Å². The maximum Gasteiger partial charge on any atom is 0.258 e. The van der Waals surface area contributed by atoms with Gasteiger partial charge in [0.15, 0.2) is 0 Å². The van der Waals surface area contributed by atoms with Crippen LogP contribution >= 0.6 is 0 Å². The number of sulfonamides is 1. The largest absolute Gasteiger partial charge is 0.487 e. The Labute approximate surface area is 163 Å². The standard InChI is InChI=1S/C20H21N3O4S/c24-20-14-16(21-19-6-2-5-13-23(19)20)15-27-17-7-9-18(10-8-17)28(25,26)22-11-3-1-4-12-22/h2,5-10,13-14H,1,3-4,11-12,15H2. The fraction of sp³-hybridized carbons (Fsp3) is 0.300. The van der Waals surface area contributed by atoms with E-state index in [4.69, 9.17) is 4.74 Å². The first-order valence-corrected chi connectivity index (χ1v) is 10.7. The normalized spacial score (nSPS) is 15.6. The van der Waals surface area contributed by atoms with Crippen molar-refractivity contribution in [2.24, 2.45) is 0 Å². The summed E-state index contributed by atoms with van der Waals surface area (Å²) in [5, 5.41) is 0. The molecule has 4 rings (SSSR count). The minimum absolute atomic E-state index is 0.124.